The van der Waals surface area contributed by atoms with Gasteiger partial charge in [-0.1, -0.05) is 23.8 Å². The van der Waals surface area contributed by atoms with E-state index in [-0.39, 0.29) is 0 Å². The zero-order valence-electron chi connectivity index (χ0n) is 19.5. The lowest BCUT2D eigenvalue weighted by molar-refractivity contribution is 0.122. The second-order valence-corrected chi connectivity index (χ2v) is 8.88. The van der Waals surface area contributed by atoms with E-state index in [1.54, 1.807) is 0 Å². The highest BCUT2D eigenvalue weighted by atomic mass is 16.5. The van der Waals surface area contributed by atoms with Gasteiger partial charge in [0, 0.05) is 56.8 Å². The summed E-state index contributed by atoms with van der Waals surface area (Å²) in [5.41, 5.74) is 4.03. The van der Waals surface area contributed by atoms with Gasteiger partial charge >= 0.3 is 6.01 Å². The number of benzene rings is 1. The average molecular weight is 449 g/mol. The van der Waals surface area contributed by atoms with Crippen molar-refractivity contribution < 1.29 is 9.47 Å². The summed E-state index contributed by atoms with van der Waals surface area (Å²) in [5.74, 6) is 0.897. The van der Waals surface area contributed by atoms with Gasteiger partial charge in [-0.15, -0.1) is 0 Å². The molecule has 0 N–H and O–H groups in total. The molecule has 0 radical (unpaired) electrons. The first-order valence-electron chi connectivity index (χ1n) is 11.8. The van der Waals surface area contributed by atoms with Crippen LogP contribution in [0.25, 0.3) is 22.2 Å². The molecule has 8 heteroatoms. The van der Waals surface area contributed by atoms with Crippen LogP contribution >= 0.6 is 0 Å². The van der Waals surface area contributed by atoms with Crippen molar-refractivity contribution in [1.82, 2.24) is 24.8 Å². The number of aromatic nitrogens is 3. The number of fused-ring (bicyclic) bond motifs is 1. The van der Waals surface area contributed by atoms with Gasteiger partial charge in [-0.05, 0) is 26.1 Å². The molecule has 2 aromatic heterocycles. The summed E-state index contributed by atoms with van der Waals surface area (Å²) in [7, 11) is 2.17. The lowest BCUT2D eigenvalue weighted by atomic mass is 10.1. The van der Waals surface area contributed by atoms with Crippen LogP contribution in [0.15, 0.2) is 36.5 Å². The SMILES string of the molecule is Cc1cccc(-c2cc3c(N4CCOCC4)nc(OCCN4CCN(C)CC4)nc3cn2)c1. The van der Waals surface area contributed by atoms with Gasteiger partial charge in [0.05, 0.1) is 30.6 Å². The minimum atomic E-state index is 0.420. The third-order valence-corrected chi connectivity index (χ3v) is 6.40. The first kappa shape index (κ1) is 22.0. The zero-order chi connectivity index (χ0) is 22.6. The summed E-state index contributed by atoms with van der Waals surface area (Å²) < 4.78 is 11.6. The van der Waals surface area contributed by atoms with Gasteiger partial charge in [0.15, 0.2) is 0 Å². The third kappa shape index (κ3) is 5.24. The molecular weight excluding hydrogens is 416 g/mol. The molecule has 0 bridgehead atoms. The van der Waals surface area contributed by atoms with Gasteiger partial charge in [-0.2, -0.15) is 9.97 Å². The standard InChI is InChI=1S/C25H32N6O2/c1-19-4-3-5-20(16-19)22-17-21-23(18-26-22)27-25(28-24(21)31-11-13-32-14-12-31)33-15-10-30-8-6-29(2)7-9-30/h3-5,16-18H,6-15H2,1-2H3. The fourth-order valence-corrected chi connectivity index (χ4v) is 4.38. The summed E-state index contributed by atoms with van der Waals surface area (Å²) in [6.45, 7) is 10.9. The maximum Gasteiger partial charge on any atom is 0.319 e. The van der Waals surface area contributed by atoms with E-state index in [0.29, 0.717) is 25.8 Å². The smallest absolute Gasteiger partial charge is 0.319 e. The Morgan fingerprint density at radius 3 is 2.61 bits per heavy atom. The first-order chi connectivity index (χ1) is 16.2. The Bertz CT molecular complexity index is 1090. The first-order valence-corrected chi connectivity index (χ1v) is 11.8. The number of nitrogens with zero attached hydrogens (tertiary/aromatic N) is 6. The van der Waals surface area contributed by atoms with Crippen LogP contribution < -0.4 is 9.64 Å². The van der Waals surface area contributed by atoms with E-state index in [1.165, 1.54) is 5.56 Å². The Morgan fingerprint density at radius 1 is 1.00 bits per heavy atom. The van der Waals surface area contributed by atoms with E-state index >= 15 is 0 Å². The highest BCUT2D eigenvalue weighted by Crippen LogP contribution is 2.30. The summed E-state index contributed by atoms with van der Waals surface area (Å²) in [4.78, 5) is 21.3. The van der Waals surface area contributed by atoms with Gasteiger partial charge in [-0.3, -0.25) is 9.88 Å². The normalized spacial score (nSPS) is 18.1. The van der Waals surface area contributed by atoms with Crippen molar-refractivity contribution in [3.8, 4) is 17.3 Å². The predicted octanol–water partition coefficient (Wildman–Crippen LogP) is 2.46. The third-order valence-electron chi connectivity index (χ3n) is 6.40. The maximum absolute atomic E-state index is 6.04. The number of aryl methyl sites for hydroxylation is 1. The fraction of sp³-hybridized carbons (Fsp3) is 0.480. The van der Waals surface area contributed by atoms with Crippen molar-refractivity contribution in [2.75, 3.05) is 77.6 Å². The van der Waals surface area contributed by atoms with Gasteiger partial charge in [0.2, 0.25) is 0 Å². The lowest BCUT2D eigenvalue weighted by Gasteiger charge is -2.32. The second-order valence-electron chi connectivity index (χ2n) is 8.88. The van der Waals surface area contributed by atoms with Crippen LogP contribution in [0, 0.1) is 6.92 Å². The summed E-state index contributed by atoms with van der Waals surface area (Å²) in [6.07, 6.45) is 1.84. The van der Waals surface area contributed by atoms with Gasteiger partial charge in [0.25, 0.3) is 0 Å². The van der Waals surface area contributed by atoms with Crippen molar-refractivity contribution in [3.63, 3.8) is 0 Å². The Hall–Kier alpha value is -2.81. The molecule has 4 heterocycles. The van der Waals surface area contributed by atoms with Crippen molar-refractivity contribution in [2.45, 2.75) is 6.92 Å². The molecular formula is C25H32N6O2. The summed E-state index contributed by atoms with van der Waals surface area (Å²) in [5, 5.41) is 0.995. The molecule has 1 aromatic carbocycles. The van der Waals surface area contributed by atoms with Gasteiger partial charge in [-0.25, -0.2) is 0 Å². The van der Waals surface area contributed by atoms with E-state index in [4.69, 9.17) is 24.4 Å². The van der Waals surface area contributed by atoms with E-state index in [1.807, 2.05) is 6.20 Å². The van der Waals surface area contributed by atoms with E-state index in [2.05, 4.69) is 59.0 Å². The Balaban J connectivity index is 1.41. The van der Waals surface area contributed by atoms with Crippen LogP contribution in [-0.2, 0) is 4.74 Å². The maximum atomic E-state index is 6.04. The highest BCUT2D eigenvalue weighted by Gasteiger charge is 2.20. The van der Waals surface area contributed by atoms with E-state index in [9.17, 15) is 0 Å². The average Bonchev–Trinajstić information content (AvgIpc) is 2.85. The van der Waals surface area contributed by atoms with Crippen LogP contribution in [0.5, 0.6) is 6.01 Å². The number of hydrogen-bond donors (Lipinski definition) is 0. The van der Waals surface area contributed by atoms with Crippen LogP contribution in [0.4, 0.5) is 5.82 Å². The Kier molecular flexibility index (Phi) is 6.66. The second kappa shape index (κ2) is 9.99. The quantitative estimate of drug-likeness (QED) is 0.570. The molecule has 0 unspecified atom stereocenters. The van der Waals surface area contributed by atoms with Crippen LogP contribution in [0.3, 0.4) is 0 Å². The largest absolute Gasteiger partial charge is 0.462 e. The fourth-order valence-electron chi connectivity index (χ4n) is 4.38. The minimum absolute atomic E-state index is 0.420. The molecule has 8 nitrogen and oxygen atoms in total. The lowest BCUT2D eigenvalue weighted by Crippen LogP contribution is -2.45. The molecule has 2 saturated heterocycles. The monoisotopic (exact) mass is 448 g/mol. The summed E-state index contributed by atoms with van der Waals surface area (Å²) in [6, 6.07) is 10.9. The number of likely N-dealkylation sites (N-methyl/N-ethyl adjacent to an activating group) is 1. The molecule has 0 amide bonds. The number of rotatable bonds is 6. The molecule has 2 fully saturated rings. The number of anilines is 1. The van der Waals surface area contributed by atoms with Crippen LogP contribution in [0.1, 0.15) is 5.56 Å². The Labute approximate surface area is 195 Å². The highest BCUT2D eigenvalue weighted by molar-refractivity contribution is 5.92. The molecule has 0 spiro atoms. The van der Waals surface area contributed by atoms with Crippen LogP contribution in [-0.4, -0.2) is 97.4 Å². The molecule has 2 aliphatic rings. The molecule has 0 saturated carbocycles. The van der Waals surface area contributed by atoms with Crippen molar-refractivity contribution >= 4 is 16.7 Å². The molecule has 0 atom stereocenters. The molecule has 0 aliphatic carbocycles. The van der Waals surface area contributed by atoms with E-state index in [0.717, 1.165) is 73.8 Å². The topological polar surface area (TPSA) is 66.9 Å². The van der Waals surface area contributed by atoms with Gasteiger partial charge in [0.1, 0.15) is 12.4 Å². The molecule has 33 heavy (non-hydrogen) atoms. The molecule has 2 aliphatic heterocycles. The minimum Gasteiger partial charge on any atom is -0.462 e. The number of morpholine rings is 1. The number of hydrogen-bond acceptors (Lipinski definition) is 8. The summed E-state index contributed by atoms with van der Waals surface area (Å²) >= 11 is 0. The zero-order valence-corrected chi connectivity index (χ0v) is 19.5. The number of piperazine rings is 1. The molecule has 174 valence electrons. The van der Waals surface area contributed by atoms with E-state index < -0.39 is 0 Å². The van der Waals surface area contributed by atoms with Crippen molar-refractivity contribution in [1.29, 1.82) is 0 Å². The van der Waals surface area contributed by atoms with Crippen molar-refractivity contribution in [2.24, 2.45) is 0 Å². The van der Waals surface area contributed by atoms with Gasteiger partial charge < -0.3 is 19.3 Å². The predicted molar refractivity (Wildman–Crippen MR) is 130 cm³/mol. The molecule has 5 rings (SSSR count). The Morgan fingerprint density at radius 2 is 1.82 bits per heavy atom. The molecule has 3 aromatic rings. The number of ether oxygens (including phenoxy) is 2. The van der Waals surface area contributed by atoms with Crippen molar-refractivity contribution in [3.05, 3.63) is 42.1 Å². The number of pyridine rings is 1. The van der Waals surface area contributed by atoms with Crippen LogP contribution in [0.2, 0.25) is 0 Å².